The van der Waals surface area contributed by atoms with Crippen molar-refractivity contribution in [2.45, 2.75) is 206 Å². The maximum Gasteiger partial charge on any atom is 0.472 e. The van der Waals surface area contributed by atoms with Crippen LogP contribution in [0.15, 0.2) is 72.9 Å². The molecule has 352 valence electrons. The molecule has 0 radical (unpaired) electrons. The maximum atomic E-state index is 12.6. The molecule has 11 heteroatoms. The van der Waals surface area contributed by atoms with Gasteiger partial charge < -0.3 is 24.6 Å². The molecule has 0 rings (SSSR count). The molecule has 0 heterocycles. The Morgan fingerprint density at radius 2 is 0.918 bits per heavy atom. The van der Waals surface area contributed by atoms with E-state index in [-0.39, 0.29) is 19.4 Å². The fourth-order valence-corrected chi connectivity index (χ4v) is 6.99. The lowest BCUT2D eigenvalue weighted by atomic mass is 10.1. The number of rotatable bonds is 44. The van der Waals surface area contributed by atoms with Crippen LogP contribution in [-0.2, 0) is 32.7 Å². The van der Waals surface area contributed by atoms with Gasteiger partial charge in [-0.2, -0.15) is 0 Å². The van der Waals surface area contributed by atoms with Crippen LogP contribution in [0.2, 0.25) is 0 Å². The summed E-state index contributed by atoms with van der Waals surface area (Å²) in [5.74, 6) is -0.997. The van der Waals surface area contributed by atoms with Gasteiger partial charge in [0.05, 0.1) is 19.8 Å². The van der Waals surface area contributed by atoms with Crippen molar-refractivity contribution >= 4 is 19.8 Å². The second-order valence-electron chi connectivity index (χ2n) is 15.7. The van der Waals surface area contributed by atoms with Crippen molar-refractivity contribution in [2.75, 3.05) is 26.4 Å². The Kier molecular flexibility index (Phi) is 43.5. The van der Waals surface area contributed by atoms with E-state index in [2.05, 4.69) is 74.6 Å². The highest BCUT2D eigenvalue weighted by Gasteiger charge is 2.27. The number of ether oxygens (including phenoxy) is 2. The zero-order valence-electron chi connectivity index (χ0n) is 38.4. The van der Waals surface area contributed by atoms with Crippen molar-refractivity contribution in [1.29, 1.82) is 0 Å². The lowest BCUT2D eigenvalue weighted by molar-refractivity contribution is -0.161. The summed E-state index contributed by atoms with van der Waals surface area (Å²) in [6, 6.07) is 0. The van der Waals surface area contributed by atoms with E-state index in [4.69, 9.17) is 23.6 Å². The van der Waals surface area contributed by atoms with Crippen LogP contribution < -0.4 is 0 Å². The molecule has 0 amide bonds. The summed E-state index contributed by atoms with van der Waals surface area (Å²) in [4.78, 5) is 35.1. The Morgan fingerprint density at radius 1 is 0.508 bits per heavy atom. The van der Waals surface area contributed by atoms with Gasteiger partial charge in [-0.25, -0.2) is 4.57 Å². The standard InChI is InChI=1S/C50H87O10P/c1-3-5-7-9-11-13-15-17-19-21-22-23-24-26-27-29-31-33-35-37-39-41-49(53)57-45-48(46-59-61(55,56)58-44-47(52)43-51)60-50(54)42-40-38-36-34-32-30-28-25-20-18-16-14-12-10-8-6-4-2/h6,8,12,14,18,20-22,28,30,34,36,47-48,51-52H,3-5,7,9-11,13,15-17,19,23-27,29,31-33,35,37-46H2,1-2H3,(H,55,56)/b8-6-,14-12-,20-18-,22-21-,30-28-,36-34-. The van der Waals surface area contributed by atoms with E-state index in [1.807, 2.05) is 12.2 Å². The molecule has 0 fully saturated rings. The fourth-order valence-electron chi connectivity index (χ4n) is 6.20. The first-order chi connectivity index (χ1) is 29.7. The minimum atomic E-state index is -4.64. The van der Waals surface area contributed by atoms with Gasteiger partial charge in [0, 0.05) is 12.8 Å². The first-order valence-corrected chi connectivity index (χ1v) is 25.4. The van der Waals surface area contributed by atoms with Gasteiger partial charge in [-0.1, -0.05) is 177 Å². The number of hydrogen-bond donors (Lipinski definition) is 3. The number of carbonyl (C=O) groups excluding carboxylic acids is 2. The van der Waals surface area contributed by atoms with E-state index in [1.165, 1.54) is 96.3 Å². The van der Waals surface area contributed by atoms with Crippen LogP contribution in [0.1, 0.15) is 194 Å². The normalized spacial score (nSPS) is 14.4. The first kappa shape index (κ1) is 58.4. The molecule has 3 N–H and O–H groups in total. The number of aliphatic hydroxyl groups is 2. The van der Waals surface area contributed by atoms with Gasteiger partial charge in [0.2, 0.25) is 0 Å². The third kappa shape index (κ3) is 45.3. The number of unbranched alkanes of at least 4 members (excludes halogenated alkanes) is 18. The summed E-state index contributed by atoms with van der Waals surface area (Å²) in [5, 5.41) is 18.4. The Balaban J connectivity index is 4.30. The number of aliphatic hydroxyl groups excluding tert-OH is 2. The van der Waals surface area contributed by atoms with Crippen LogP contribution in [0, 0.1) is 0 Å². The molecule has 0 aliphatic carbocycles. The summed E-state index contributed by atoms with van der Waals surface area (Å²) < 4.78 is 32.7. The molecule has 0 aliphatic heterocycles. The van der Waals surface area contributed by atoms with Crippen molar-refractivity contribution in [1.82, 2.24) is 0 Å². The van der Waals surface area contributed by atoms with Crippen molar-refractivity contribution in [3.8, 4) is 0 Å². The van der Waals surface area contributed by atoms with Crippen LogP contribution in [0.5, 0.6) is 0 Å². The smallest absolute Gasteiger partial charge is 0.462 e. The molecule has 10 nitrogen and oxygen atoms in total. The first-order valence-electron chi connectivity index (χ1n) is 23.9. The molecule has 0 aromatic carbocycles. The SMILES string of the molecule is CC/C=C\C/C=C\C/C=C\C/C=C\C/C=C\CCCC(=O)OC(COC(=O)CCCCCCCCCCC/C=C\CCCCCCCCCC)COP(=O)(O)OCC(O)CO. The summed E-state index contributed by atoms with van der Waals surface area (Å²) in [6.07, 6.45) is 53.1. The third-order valence-electron chi connectivity index (χ3n) is 9.84. The number of esters is 2. The molecular formula is C50H87O10P. The van der Waals surface area contributed by atoms with E-state index in [0.717, 1.165) is 51.4 Å². The zero-order chi connectivity index (χ0) is 44.8. The van der Waals surface area contributed by atoms with Gasteiger partial charge in [-0.05, 0) is 77.0 Å². The van der Waals surface area contributed by atoms with E-state index in [0.29, 0.717) is 19.3 Å². The van der Waals surface area contributed by atoms with Gasteiger partial charge in [0.25, 0.3) is 0 Å². The Labute approximate surface area is 371 Å². The van der Waals surface area contributed by atoms with E-state index in [1.54, 1.807) is 0 Å². The molecule has 0 saturated carbocycles. The van der Waals surface area contributed by atoms with Crippen LogP contribution >= 0.6 is 7.82 Å². The molecular weight excluding hydrogens is 792 g/mol. The molecule has 0 aromatic heterocycles. The summed E-state index contributed by atoms with van der Waals surface area (Å²) in [6.45, 7) is 2.21. The van der Waals surface area contributed by atoms with E-state index < -0.39 is 51.8 Å². The molecule has 3 unspecified atom stereocenters. The highest BCUT2D eigenvalue weighted by Crippen LogP contribution is 2.43. The molecule has 0 bridgehead atoms. The van der Waals surface area contributed by atoms with Crippen LogP contribution in [-0.4, -0.2) is 65.7 Å². The van der Waals surface area contributed by atoms with Gasteiger partial charge in [-0.15, -0.1) is 0 Å². The topological polar surface area (TPSA) is 149 Å². The highest BCUT2D eigenvalue weighted by molar-refractivity contribution is 7.47. The molecule has 0 aromatic rings. The summed E-state index contributed by atoms with van der Waals surface area (Å²) in [7, 11) is -4.64. The van der Waals surface area contributed by atoms with Crippen LogP contribution in [0.3, 0.4) is 0 Å². The highest BCUT2D eigenvalue weighted by atomic mass is 31.2. The fraction of sp³-hybridized carbons (Fsp3) is 0.720. The molecule has 3 atom stereocenters. The Hall–Kier alpha value is -2.59. The summed E-state index contributed by atoms with van der Waals surface area (Å²) >= 11 is 0. The Bertz CT molecular complexity index is 1240. The lowest BCUT2D eigenvalue weighted by Crippen LogP contribution is -2.29. The predicted octanol–water partition coefficient (Wildman–Crippen LogP) is 13.2. The number of phosphoric acid groups is 1. The molecule has 61 heavy (non-hydrogen) atoms. The summed E-state index contributed by atoms with van der Waals surface area (Å²) in [5.41, 5.74) is 0. The minimum Gasteiger partial charge on any atom is -0.462 e. The van der Waals surface area contributed by atoms with Crippen LogP contribution in [0.25, 0.3) is 0 Å². The van der Waals surface area contributed by atoms with Gasteiger partial charge in [0.15, 0.2) is 6.10 Å². The maximum absolute atomic E-state index is 12.6. The largest absolute Gasteiger partial charge is 0.472 e. The van der Waals surface area contributed by atoms with Crippen molar-refractivity contribution < 1.29 is 47.8 Å². The second-order valence-corrected chi connectivity index (χ2v) is 17.2. The van der Waals surface area contributed by atoms with E-state index >= 15 is 0 Å². The Morgan fingerprint density at radius 3 is 1.43 bits per heavy atom. The zero-order valence-corrected chi connectivity index (χ0v) is 39.3. The van der Waals surface area contributed by atoms with Crippen LogP contribution in [0.4, 0.5) is 0 Å². The van der Waals surface area contributed by atoms with Crippen molar-refractivity contribution in [2.24, 2.45) is 0 Å². The molecule has 0 aliphatic rings. The van der Waals surface area contributed by atoms with Gasteiger partial charge >= 0.3 is 19.8 Å². The number of carbonyl (C=O) groups is 2. The quantitative estimate of drug-likeness (QED) is 0.0234. The molecule has 0 saturated heterocycles. The average Bonchev–Trinajstić information content (AvgIpc) is 3.25. The van der Waals surface area contributed by atoms with E-state index in [9.17, 15) is 24.2 Å². The van der Waals surface area contributed by atoms with Crippen molar-refractivity contribution in [3.63, 3.8) is 0 Å². The third-order valence-corrected chi connectivity index (χ3v) is 10.8. The van der Waals surface area contributed by atoms with Gasteiger partial charge in [0.1, 0.15) is 12.7 Å². The average molecular weight is 879 g/mol. The lowest BCUT2D eigenvalue weighted by Gasteiger charge is -2.20. The van der Waals surface area contributed by atoms with Gasteiger partial charge in [-0.3, -0.25) is 18.6 Å². The predicted molar refractivity (Wildman–Crippen MR) is 251 cm³/mol. The number of phosphoric ester groups is 1. The monoisotopic (exact) mass is 879 g/mol. The van der Waals surface area contributed by atoms with Crippen molar-refractivity contribution in [3.05, 3.63) is 72.9 Å². The number of allylic oxidation sites excluding steroid dienone is 12. The number of hydrogen-bond acceptors (Lipinski definition) is 9. The minimum absolute atomic E-state index is 0.103. The molecule has 0 spiro atoms. The second kappa shape index (κ2) is 45.4.